The second-order valence-electron chi connectivity index (χ2n) is 2.82. The number of hydrogen-bond acceptors (Lipinski definition) is 2. The van der Waals surface area contributed by atoms with Crippen LogP contribution in [0.1, 0.15) is 5.56 Å². The van der Waals surface area contributed by atoms with Gasteiger partial charge in [0, 0.05) is 5.39 Å². The van der Waals surface area contributed by atoms with Crippen molar-refractivity contribution in [1.29, 1.82) is 0 Å². The maximum atomic E-state index is 8.92. The van der Waals surface area contributed by atoms with Crippen LogP contribution in [0.5, 0.6) is 0 Å². The van der Waals surface area contributed by atoms with Crippen LogP contribution in [0.25, 0.3) is 10.9 Å². The number of fused-ring (bicyclic) bond motifs is 1. The molecule has 0 saturated carbocycles. The molecule has 2 aromatic rings. The van der Waals surface area contributed by atoms with E-state index >= 15 is 0 Å². The predicted octanol–water partition coefficient (Wildman–Crippen LogP) is 2.49. The number of pyridine rings is 1. The molecule has 0 saturated heterocycles. The molecule has 0 atom stereocenters. The minimum Gasteiger partial charge on any atom is -0.392 e. The van der Waals surface area contributed by atoms with Gasteiger partial charge in [-0.15, -0.1) is 0 Å². The Morgan fingerprint density at radius 3 is 2.85 bits per heavy atom. The van der Waals surface area contributed by atoms with Crippen molar-refractivity contribution in [3.8, 4) is 0 Å². The van der Waals surface area contributed by atoms with Gasteiger partial charge in [0.2, 0.25) is 0 Å². The van der Waals surface area contributed by atoms with Crippen LogP contribution in [0.4, 0.5) is 0 Å². The van der Waals surface area contributed by atoms with E-state index in [4.69, 9.17) is 5.11 Å². The molecule has 13 heavy (non-hydrogen) atoms. The SMILES string of the molecule is OCc1ccc2nc(Br)ccc2c1. The van der Waals surface area contributed by atoms with Crippen molar-refractivity contribution in [1.82, 2.24) is 4.98 Å². The Morgan fingerprint density at radius 1 is 1.23 bits per heavy atom. The third kappa shape index (κ3) is 1.71. The first kappa shape index (κ1) is 8.66. The lowest BCUT2D eigenvalue weighted by atomic mass is 10.1. The van der Waals surface area contributed by atoms with Crippen molar-refractivity contribution < 1.29 is 5.11 Å². The fourth-order valence-corrected chi connectivity index (χ4v) is 1.57. The third-order valence-electron chi connectivity index (χ3n) is 1.90. The molecular formula is C10H8BrNO. The molecule has 0 fully saturated rings. The second-order valence-corrected chi connectivity index (χ2v) is 3.63. The molecule has 0 bridgehead atoms. The molecule has 0 radical (unpaired) electrons. The number of benzene rings is 1. The zero-order valence-corrected chi connectivity index (χ0v) is 8.45. The van der Waals surface area contributed by atoms with E-state index in [0.717, 1.165) is 21.1 Å². The van der Waals surface area contributed by atoms with E-state index in [1.165, 1.54) is 0 Å². The summed E-state index contributed by atoms with van der Waals surface area (Å²) in [6, 6.07) is 9.59. The molecule has 66 valence electrons. The van der Waals surface area contributed by atoms with Crippen LogP contribution in [-0.2, 0) is 6.61 Å². The van der Waals surface area contributed by atoms with Gasteiger partial charge in [-0.1, -0.05) is 12.1 Å². The minimum atomic E-state index is 0.0754. The summed E-state index contributed by atoms with van der Waals surface area (Å²) < 4.78 is 0.830. The Kier molecular flexibility index (Phi) is 2.29. The first-order valence-electron chi connectivity index (χ1n) is 3.95. The zero-order chi connectivity index (χ0) is 9.26. The number of hydrogen-bond donors (Lipinski definition) is 1. The number of nitrogens with zero attached hydrogens (tertiary/aromatic N) is 1. The van der Waals surface area contributed by atoms with Crippen LogP contribution >= 0.6 is 15.9 Å². The predicted molar refractivity (Wildman–Crippen MR) is 55.4 cm³/mol. The van der Waals surface area contributed by atoms with Crippen LogP contribution < -0.4 is 0 Å². The van der Waals surface area contributed by atoms with Crippen molar-refractivity contribution in [3.05, 3.63) is 40.5 Å². The normalized spacial score (nSPS) is 10.6. The molecule has 2 nitrogen and oxygen atoms in total. The molecule has 1 heterocycles. The highest BCUT2D eigenvalue weighted by Crippen LogP contribution is 2.17. The standard InChI is InChI=1S/C10H8BrNO/c11-10-4-2-8-5-7(6-13)1-3-9(8)12-10/h1-5,13H,6H2. The van der Waals surface area contributed by atoms with Gasteiger partial charge in [0.1, 0.15) is 4.60 Å². The molecule has 0 spiro atoms. The molecule has 0 aliphatic carbocycles. The molecule has 0 aliphatic rings. The van der Waals surface area contributed by atoms with Gasteiger partial charge in [-0.25, -0.2) is 4.98 Å². The van der Waals surface area contributed by atoms with Crippen LogP contribution in [0.2, 0.25) is 0 Å². The van der Waals surface area contributed by atoms with E-state index in [-0.39, 0.29) is 6.61 Å². The molecular weight excluding hydrogens is 230 g/mol. The lowest BCUT2D eigenvalue weighted by molar-refractivity contribution is 0.282. The van der Waals surface area contributed by atoms with E-state index < -0.39 is 0 Å². The van der Waals surface area contributed by atoms with Crippen molar-refractivity contribution in [3.63, 3.8) is 0 Å². The van der Waals surface area contributed by atoms with Gasteiger partial charge in [-0.05, 0) is 39.7 Å². The first-order chi connectivity index (χ1) is 6.29. The fraction of sp³-hybridized carbons (Fsp3) is 0.100. The third-order valence-corrected chi connectivity index (χ3v) is 2.34. The highest BCUT2D eigenvalue weighted by molar-refractivity contribution is 9.10. The first-order valence-corrected chi connectivity index (χ1v) is 4.75. The molecule has 3 heteroatoms. The number of halogens is 1. The van der Waals surface area contributed by atoms with Gasteiger partial charge in [-0.3, -0.25) is 0 Å². The van der Waals surface area contributed by atoms with E-state index in [1.807, 2.05) is 30.3 Å². The summed E-state index contributed by atoms with van der Waals surface area (Å²) in [5.41, 5.74) is 1.85. The zero-order valence-electron chi connectivity index (χ0n) is 6.87. The molecule has 0 amide bonds. The summed E-state index contributed by atoms with van der Waals surface area (Å²) in [7, 11) is 0. The van der Waals surface area contributed by atoms with Crippen molar-refractivity contribution in [2.45, 2.75) is 6.61 Å². The molecule has 1 aromatic heterocycles. The van der Waals surface area contributed by atoms with E-state index in [0.29, 0.717) is 0 Å². The molecule has 0 aliphatic heterocycles. The lowest BCUT2D eigenvalue weighted by Crippen LogP contribution is -1.84. The minimum absolute atomic E-state index is 0.0754. The Bertz CT molecular complexity index is 442. The fourth-order valence-electron chi connectivity index (χ4n) is 1.25. The van der Waals surface area contributed by atoms with Crippen LogP contribution in [0, 0.1) is 0 Å². The number of rotatable bonds is 1. The van der Waals surface area contributed by atoms with Crippen molar-refractivity contribution in [2.24, 2.45) is 0 Å². The largest absolute Gasteiger partial charge is 0.392 e. The van der Waals surface area contributed by atoms with E-state index in [9.17, 15) is 0 Å². The Hall–Kier alpha value is -0.930. The maximum Gasteiger partial charge on any atom is 0.106 e. The van der Waals surface area contributed by atoms with E-state index in [2.05, 4.69) is 20.9 Å². The average Bonchev–Trinajstić information content (AvgIpc) is 2.17. The molecule has 2 rings (SSSR count). The van der Waals surface area contributed by atoms with Gasteiger partial charge >= 0.3 is 0 Å². The number of aliphatic hydroxyl groups excluding tert-OH is 1. The summed E-state index contributed by atoms with van der Waals surface area (Å²) in [4.78, 5) is 4.29. The van der Waals surface area contributed by atoms with Crippen molar-refractivity contribution in [2.75, 3.05) is 0 Å². The highest BCUT2D eigenvalue weighted by Gasteiger charge is 1.97. The summed E-state index contributed by atoms with van der Waals surface area (Å²) in [5.74, 6) is 0. The summed E-state index contributed by atoms with van der Waals surface area (Å²) in [6.07, 6.45) is 0. The smallest absolute Gasteiger partial charge is 0.106 e. The van der Waals surface area contributed by atoms with Crippen molar-refractivity contribution >= 4 is 26.8 Å². The average molecular weight is 238 g/mol. The van der Waals surface area contributed by atoms with Crippen LogP contribution in [0.15, 0.2) is 34.9 Å². The van der Waals surface area contributed by atoms with Crippen LogP contribution in [-0.4, -0.2) is 10.1 Å². The topological polar surface area (TPSA) is 33.1 Å². The number of aliphatic hydroxyl groups is 1. The van der Waals surface area contributed by atoms with Gasteiger partial charge in [0.05, 0.1) is 12.1 Å². The van der Waals surface area contributed by atoms with Gasteiger partial charge in [-0.2, -0.15) is 0 Å². The van der Waals surface area contributed by atoms with Gasteiger partial charge < -0.3 is 5.11 Å². The van der Waals surface area contributed by atoms with E-state index in [1.54, 1.807) is 0 Å². The molecule has 1 aromatic carbocycles. The molecule has 0 unspecified atom stereocenters. The number of aromatic nitrogens is 1. The monoisotopic (exact) mass is 237 g/mol. The molecule has 1 N–H and O–H groups in total. The Labute approximate surface area is 84.4 Å². The lowest BCUT2D eigenvalue weighted by Gasteiger charge is -2.00. The Morgan fingerprint density at radius 2 is 2.08 bits per heavy atom. The summed E-state index contributed by atoms with van der Waals surface area (Å²) in [5, 5.41) is 9.97. The van der Waals surface area contributed by atoms with Gasteiger partial charge in [0.15, 0.2) is 0 Å². The second kappa shape index (κ2) is 3.44. The van der Waals surface area contributed by atoms with Gasteiger partial charge in [0.25, 0.3) is 0 Å². The van der Waals surface area contributed by atoms with Crippen LogP contribution in [0.3, 0.4) is 0 Å². The Balaban J connectivity index is 2.66. The summed E-state index contributed by atoms with van der Waals surface area (Å²) in [6.45, 7) is 0.0754. The maximum absolute atomic E-state index is 8.92. The highest BCUT2D eigenvalue weighted by atomic mass is 79.9. The summed E-state index contributed by atoms with van der Waals surface area (Å²) >= 11 is 3.31. The quantitative estimate of drug-likeness (QED) is 0.774.